The summed E-state index contributed by atoms with van der Waals surface area (Å²) in [5, 5.41) is 11.7. The second-order valence-electron chi connectivity index (χ2n) is 6.29. The molecule has 0 radical (unpaired) electrons. The molecule has 2 amide bonds. The summed E-state index contributed by atoms with van der Waals surface area (Å²) < 4.78 is 11.3. The molecule has 3 rings (SSSR count). The van der Waals surface area contributed by atoms with E-state index in [2.05, 4.69) is 5.32 Å². The van der Waals surface area contributed by atoms with Crippen molar-refractivity contribution in [1.29, 1.82) is 0 Å². The van der Waals surface area contributed by atoms with Crippen LogP contribution in [0.5, 0.6) is 5.75 Å². The second kappa shape index (κ2) is 9.43. The molecule has 1 fully saturated rings. The Morgan fingerprint density at radius 1 is 1.18 bits per heavy atom. The van der Waals surface area contributed by atoms with Crippen LogP contribution in [-0.2, 0) is 16.0 Å². The number of rotatable bonds is 8. The van der Waals surface area contributed by atoms with Gasteiger partial charge in [-0.25, -0.2) is 0 Å². The lowest BCUT2D eigenvalue weighted by Gasteiger charge is -2.21. The van der Waals surface area contributed by atoms with Gasteiger partial charge in [-0.05, 0) is 37.1 Å². The summed E-state index contributed by atoms with van der Waals surface area (Å²) in [6, 6.07) is 14.5. The Morgan fingerprint density at radius 2 is 1.89 bits per heavy atom. The molecular formula is C20H20ClNO5S. The number of ether oxygens (including phenoxy) is 2. The third-order valence-electron chi connectivity index (χ3n) is 4.13. The summed E-state index contributed by atoms with van der Waals surface area (Å²) in [6.07, 6.45) is -1.03. The summed E-state index contributed by atoms with van der Waals surface area (Å²) >= 11 is 7.24. The van der Waals surface area contributed by atoms with Crippen LogP contribution in [0.2, 0.25) is 5.02 Å². The average molecular weight is 422 g/mol. The SMILES string of the molecule is CC(O)O[C@@H](COc1ccc(CC2SC(=O)NC2=O)cc1)c1ccccc1Cl. The van der Waals surface area contributed by atoms with E-state index in [-0.39, 0.29) is 17.8 Å². The Balaban J connectivity index is 1.61. The highest BCUT2D eigenvalue weighted by Gasteiger charge is 2.31. The van der Waals surface area contributed by atoms with Crippen molar-refractivity contribution in [3.63, 3.8) is 0 Å². The highest BCUT2D eigenvalue weighted by molar-refractivity contribution is 8.15. The van der Waals surface area contributed by atoms with E-state index < -0.39 is 17.6 Å². The van der Waals surface area contributed by atoms with Crippen LogP contribution >= 0.6 is 23.4 Å². The van der Waals surface area contributed by atoms with Gasteiger partial charge in [0, 0.05) is 10.6 Å². The molecule has 0 aromatic heterocycles. The number of aliphatic hydroxyl groups excluding tert-OH is 1. The van der Waals surface area contributed by atoms with E-state index in [4.69, 9.17) is 21.1 Å². The summed E-state index contributed by atoms with van der Waals surface area (Å²) in [6.45, 7) is 1.70. The molecule has 2 unspecified atom stereocenters. The molecule has 28 heavy (non-hydrogen) atoms. The number of benzene rings is 2. The number of nitrogens with one attached hydrogen (secondary N) is 1. The zero-order valence-electron chi connectivity index (χ0n) is 15.1. The van der Waals surface area contributed by atoms with Crippen molar-refractivity contribution in [3.8, 4) is 5.75 Å². The first kappa shape index (κ1) is 20.7. The van der Waals surface area contributed by atoms with E-state index in [1.54, 1.807) is 18.2 Å². The van der Waals surface area contributed by atoms with Crippen LogP contribution in [0.25, 0.3) is 0 Å². The zero-order chi connectivity index (χ0) is 20.1. The number of carbonyl (C=O) groups is 2. The van der Waals surface area contributed by atoms with E-state index in [9.17, 15) is 14.7 Å². The molecule has 6 nitrogen and oxygen atoms in total. The molecule has 1 heterocycles. The second-order valence-corrected chi connectivity index (χ2v) is 7.87. The fraction of sp³-hybridized carbons (Fsp3) is 0.300. The van der Waals surface area contributed by atoms with Crippen LogP contribution in [0.3, 0.4) is 0 Å². The zero-order valence-corrected chi connectivity index (χ0v) is 16.7. The van der Waals surface area contributed by atoms with Gasteiger partial charge in [-0.3, -0.25) is 14.9 Å². The van der Waals surface area contributed by atoms with Crippen LogP contribution in [0.15, 0.2) is 48.5 Å². The molecule has 2 aromatic carbocycles. The molecule has 2 N–H and O–H groups in total. The quantitative estimate of drug-likeness (QED) is 0.632. The molecule has 2 aromatic rings. The predicted octanol–water partition coefficient (Wildman–Crippen LogP) is 3.71. The molecule has 148 valence electrons. The lowest BCUT2D eigenvalue weighted by Crippen LogP contribution is -2.25. The van der Waals surface area contributed by atoms with Gasteiger partial charge in [0.25, 0.3) is 5.24 Å². The van der Waals surface area contributed by atoms with E-state index in [0.29, 0.717) is 17.2 Å². The summed E-state index contributed by atoms with van der Waals surface area (Å²) in [5.74, 6) is 0.364. The monoisotopic (exact) mass is 421 g/mol. The van der Waals surface area contributed by atoms with Crippen molar-refractivity contribution in [2.75, 3.05) is 6.61 Å². The molecule has 0 bridgehead atoms. The number of hydrogen-bond donors (Lipinski definition) is 2. The van der Waals surface area contributed by atoms with Gasteiger partial charge in [0.15, 0.2) is 6.29 Å². The first-order chi connectivity index (χ1) is 13.4. The van der Waals surface area contributed by atoms with Gasteiger partial charge in [-0.2, -0.15) is 0 Å². The number of halogens is 1. The summed E-state index contributed by atoms with van der Waals surface area (Å²) in [4.78, 5) is 22.9. The van der Waals surface area contributed by atoms with Crippen molar-refractivity contribution < 1.29 is 24.2 Å². The first-order valence-corrected chi connectivity index (χ1v) is 9.99. The topological polar surface area (TPSA) is 84.9 Å². The minimum absolute atomic E-state index is 0.170. The van der Waals surface area contributed by atoms with Gasteiger partial charge in [-0.1, -0.05) is 53.7 Å². The largest absolute Gasteiger partial charge is 0.491 e. The number of thioether (sulfide) groups is 1. The summed E-state index contributed by atoms with van der Waals surface area (Å²) in [7, 11) is 0. The maximum Gasteiger partial charge on any atom is 0.286 e. The summed E-state index contributed by atoms with van der Waals surface area (Å²) in [5.41, 5.74) is 1.66. The number of amides is 2. The third kappa shape index (κ3) is 5.48. The first-order valence-electron chi connectivity index (χ1n) is 8.73. The van der Waals surface area contributed by atoms with Crippen LogP contribution in [-0.4, -0.2) is 34.4 Å². The molecule has 0 saturated carbocycles. The third-order valence-corrected chi connectivity index (χ3v) is 5.45. The highest BCUT2D eigenvalue weighted by Crippen LogP contribution is 2.28. The normalized spacial score (nSPS) is 18.6. The molecule has 3 atom stereocenters. The number of aliphatic hydroxyl groups is 1. The molecule has 1 saturated heterocycles. The molecule has 0 aliphatic carbocycles. The van der Waals surface area contributed by atoms with Crippen molar-refractivity contribution in [1.82, 2.24) is 5.32 Å². The van der Waals surface area contributed by atoms with Crippen molar-refractivity contribution >= 4 is 34.5 Å². The lowest BCUT2D eigenvalue weighted by molar-refractivity contribution is -0.135. The van der Waals surface area contributed by atoms with Crippen molar-refractivity contribution in [3.05, 3.63) is 64.7 Å². The molecule has 0 spiro atoms. The number of carbonyl (C=O) groups excluding carboxylic acids is 2. The van der Waals surface area contributed by atoms with Gasteiger partial charge in [0.1, 0.15) is 18.5 Å². The fourth-order valence-corrected chi connectivity index (χ4v) is 3.93. The van der Waals surface area contributed by atoms with Crippen LogP contribution in [0, 0.1) is 0 Å². The van der Waals surface area contributed by atoms with Crippen LogP contribution < -0.4 is 10.1 Å². The number of imide groups is 1. The fourth-order valence-electron chi connectivity index (χ4n) is 2.81. The van der Waals surface area contributed by atoms with Gasteiger partial charge in [-0.15, -0.1) is 0 Å². The van der Waals surface area contributed by atoms with Gasteiger partial charge in [0.2, 0.25) is 5.91 Å². The van der Waals surface area contributed by atoms with E-state index >= 15 is 0 Å². The Bertz CT molecular complexity index is 843. The average Bonchev–Trinajstić information content (AvgIpc) is 2.97. The van der Waals surface area contributed by atoms with E-state index in [1.165, 1.54) is 6.92 Å². The minimum atomic E-state index is -0.968. The maximum atomic E-state index is 11.7. The molecular weight excluding hydrogens is 402 g/mol. The Morgan fingerprint density at radius 3 is 2.50 bits per heavy atom. The van der Waals surface area contributed by atoms with E-state index in [0.717, 1.165) is 22.9 Å². The standard InChI is InChI=1S/C20H20ClNO5S/c1-12(23)27-17(15-4-2-3-5-16(15)21)11-26-14-8-6-13(7-9-14)10-18-19(24)22-20(25)28-18/h2-9,12,17-18,23H,10-11H2,1H3,(H,22,24,25)/t12?,17-,18?/m0/s1. The molecule has 1 aliphatic heterocycles. The van der Waals surface area contributed by atoms with Crippen LogP contribution in [0.4, 0.5) is 4.79 Å². The predicted molar refractivity (Wildman–Crippen MR) is 108 cm³/mol. The Kier molecular flexibility index (Phi) is 6.96. The molecule has 8 heteroatoms. The minimum Gasteiger partial charge on any atom is -0.491 e. The lowest BCUT2D eigenvalue weighted by atomic mass is 10.1. The smallest absolute Gasteiger partial charge is 0.286 e. The highest BCUT2D eigenvalue weighted by atomic mass is 35.5. The van der Waals surface area contributed by atoms with E-state index in [1.807, 2.05) is 30.3 Å². The molecule has 1 aliphatic rings. The van der Waals surface area contributed by atoms with Crippen molar-refractivity contribution in [2.45, 2.75) is 31.0 Å². The Hall–Kier alpha value is -2.06. The van der Waals surface area contributed by atoms with Gasteiger partial charge in [0.05, 0.1) is 5.25 Å². The van der Waals surface area contributed by atoms with Crippen molar-refractivity contribution in [2.24, 2.45) is 0 Å². The van der Waals surface area contributed by atoms with Crippen LogP contribution in [0.1, 0.15) is 24.2 Å². The maximum absolute atomic E-state index is 11.7. The Labute approximate surface area is 172 Å². The number of hydrogen-bond acceptors (Lipinski definition) is 6. The van der Waals surface area contributed by atoms with Gasteiger partial charge >= 0.3 is 0 Å². The van der Waals surface area contributed by atoms with Gasteiger partial charge < -0.3 is 14.6 Å².